The van der Waals surface area contributed by atoms with Crippen LogP contribution in [0.1, 0.15) is 11.7 Å². The van der Waals surface area contributed by atoms with Gasteiger partial charge in [-0.25, -0.2) is 9.97 Å². The molecule has 2 aromatic carbocycles. The lowest BCUT2D eigenvalue weighted by Gasteiger charge is -2.21. The van der Waals surface area contributed by atoms with Gasteiger partial charge < -0.3 is 24.8 Å². The van der Waals surface area contributed by atoms with Crippen molar-refractivity contribution in [3.8, 4) is 11.5 Å². The van der Waals surface area contributed by atoms with E-state index in [0.29, 0.717) is 29.9 Å². The maximum Gasteiger partial charge on any atom is 0.232 e. The van der Waals surface area contributed by atoms with Gasteiger partial charge in [-0.3, -0.25) is 0 Å². The molecule has 0 saturated heterocycles. The van der Waals surface area contributed by atoms with Crippen molar-refractivity contribution in [2.24, 2.45) is 0 Å². The van der Waals surface area contributed by atoms with Crippen molar-refractivity contribution in [2.75, 3.05) is 38.0 Å². The number of anilines is 3. The Morgan fingerprint density at radius 3 is 2.50 bits per heavy atom. The summed E-state index contributed by atoms with van der Waals surface area (Å²) >= 11 is 0. The number of nitrogens with zero attached hydrogens (tertiary/aromatic N) is 4. The SMILES string of the molecule is COc1ccc(Nc2ncnc(N(C)CC(O)c3ccccc3)n2)cc1OC. The molecule has 0 amide bonds. The van der Waals surface area contributed by atoms with Crippen molar-refractivity contribution in [1.29, 1.82) is 0 Å². The van der Waals surface area contributed by atoms with E-state index in [-0.39, 0.29) is 0 Å². The molecule has 0 aliphatic heterocycles. The van der Waals surface area contributed by atoms with E-state index < -0.39 is 6.10 Å². The monoisotopic (exact) mass is 381 g/mol. The molecule has 1 heterocycles. The van der Waals surface area contributed by atoms with E-state index >= 15 is 0 Å². The first-order valence-electron chi connectivity index (χ1n) is 8.73. The zero-order valence-electron chi connectivity index (χ0n) is 16.0. The molecule has 28 heavy (non-hydrogen) atoms. The lowest BCUT2D eigenvalue weighted by atomic mass is 10.1. The van der Waals surface area contributed by atoms with Crippen LogP contribution in [0.4, 0.5) is 17.6 Å². The van der Waals surface area contributed by atoms with E-state index in [0.717, 1.165) is 11.3 Å². The van der Waals surface area contributed by atoms with Crippen molar-refractivity contribution in [3.05, 3.63) is 60.4 Å². The second kappa shape index (κ2) is 9.01. The first-order chi connectivity index (χ1) is 13.6. The van der Waals surface area contributed by atoms with Gasteiger partial charge in [0.25, 0.3) is 0 Å². The molecule has 146 valence electrons. The third kappa shape index (κ3) is 4.66. The number of hydrogen-bond acceptors (Lipinski definition) is 8. The van der Waals surface area contributed by atoms with Crippen LogP contribution in [0.25, 0.3) is 0 Å². The quantitative estimate of drug-likeness (QED) is 0.615. The van der Waals surface area contributed by atoms with Crippen LogP contribution in [0.3, 0.4) is 0 Å². The summed E-state index contributed by atoms with van der Waals surface area (Å²) in [4.78, 5) is 14.6. The van der Waals surface area contributed by atoms with E-state index in [1.54, 1.807) is 31.3 Å². The molecule has 0 radical (unpaired) electrons. The molecule has 0 saturated carbocycles. The number of likely N-dealkylation sites (N-methyl/N-ethyl adjacent to an activating group) is 1. The minimum Gasteiger partial charge on any atom is -0.493 e. The average Bonchev–Trinajstić information content (AvgIpc) is 2.74. The Kier molecular flexibility index (Phi) is 6.23. The molecule has 8 nitrogen and oxygen atoms in total. The van der Waals surface area contributed by atoms with E-state index in [9.17, 15) is 5.11 Å². The molecule has 1 unspecified atom stereocenters. The predicted octanol–water partition coefficient (Wildman–Crippen LogP) is 2.80. The summed E-state index contributed by atoms with van der Waals surface area (Å²) in [6.45, 7) is 0.351. The predicted molar refractivity (Wildman–Crippen MR) is 107 cm³/mol. The first kappa shape index (κ1) is 19.4. The van der Waals surface area contributed by atoms with E-state index in [1.165, 1.54) is 6.33 Å². The number of nitrogens with one attached hydrogen (secondary N) is 1. The van der Waals surface area contributed by atoms with Crippen molar-refractivity contribution in [1.82, 2.24) is 15.0 Å². The number of hydrogen-bond donors (Lipinski definition) is 2. The summed E-state index contributed by atoms with van der Waals surface area (Å²) in [6.07, 6.45) is 0.779. The zero-order chi connectivity index (χ0) is 19.9. The van der Waals surface area contributed by atoms with E-state index in [1.807, 2.05) is 43.4 Å². The number of rotatable bonds is 8. The van der Waals surface area contributed by atoms with Crippen LogP contribution in [0.15, 0.2) is 54.9 Å². The number of ether oxygens (including phenoxy) is 2. The minimum atomic E-state index is -0.648. The second-order valence-electron chi connectivity index (χ2n) is 6.11. The smallest absolute Gasteiger partial charge is 0.232 e. The standard InChI is InChI=1S/C20H23N5O3/c1-25(12-16(26)14-7-5-4-6-8-14)20-22-13-21-19(24-20)23-15-9-10-17(27-2)18(11-15)28-3/h4-11,13,16,26H,12H2,1-3H3,(H,21,22,23,24). The Hall–Kier alpha value is -3.39. The topological polar surface area (TPSA) is 92.6 Å². The summed E-state index contributed by atoms with van der Waals surface area (Å²) in [5, 5.41) is 13.5. The normalized spacial score (nSPS) is 11.6. The Bertz CT molecular complexity index is 907. The summed E-state index contributed by atoms with van der Waals surface area (Å²) in [7, 11) is 4.99. The van der Waals surface area contributed by atoms with Gasteiger partial charge in [0.15, 0.2) is 11.5 Å². The maximum absolute atomic E-state index is 10.4. The molecular weight excluding hydrogens is 358 g/mol. The second-order valence-corrected chi connectivity index (χ2v) is 6.11. The summed E-state index contributed by atoms with van der Waals surface area (Å²) in [5.41, 5.74) is 1.59. The fourth-order valence-electron chi connectivity index (χ4n) is 2.70. The lowest BCUT2D eigenvalue weighted by molar-refractivity contribution is 0.184. The molecular formula is C20H23N5O3. The van der Waals surface area contributed by atoms with Crippen molar-refractivity contribution >= 4 is 17.6 Å². The van der Waals surface area contributed by atoms with Crippen LogP contribution in [-0.2, 0) is 0 Å². The number of benzene rings is 2. The fourth-order valence-corrected chi connectivity index (χ4v) is 2.70. The zero-order valence-corrected chi connectivity index (χ0v) is 16.0. The third-order valence-electron chi connectivity index (χ3n) is 4.17. The largest absolute Gasteiger partial charge is 0.493 e. The number of aliphatic hydroxyl groups excluding tert-OH is 1. The number of methoxy groups -OCH3 is 2. The molecule has 8 heteroatoms. The molecule has 0 aliphatic rings. The molecule has 0 aliphatic carbocycles. The minimum absolute atomic E-state index is 0.351. The van der Waals surface area contributed by atoms with Gasteiger partial charge in [0.1, 0.15) is 6.33 Å². The number of aliphatic hydroxyl groups is 1. The van der Waals surface area contributed by atoms with Gasteiger partial charge in [0.2, 0.25) is 11.9 Å². The molecule has 1 aromatic heterocycles. The fraction of sp³-hybridized carbons (Fsp3) is 0.250. The van der Waals surface area contributed by atoms with Crippen LogP contribution < -0.4 is 19.7 Å². The van der Waals surface area contributed by atoms with Crippen LogP contribution in [0.2, 0.25) is 0 Å². The molecule has 0 bridgehead atoms. The van der Waals surface area contributed by atoms with Crippen LogP contribution in [0.5, 0.6) is 11.5 Å². The Labute approximate surface area is 163 Å². The van der Waals surface area contributed by atoms with E-state index in [2.05, 4.69) is 20.3 Å². The van der Waals surface area contributed by atoms with Gasteiger partial charge in [0, 0.05) is 18.8 Å². The van der Waals surface area contributed by atoms with Gasteiger partial charge in [-0.1, -0.05) is 30.3 Å². The van der Waals surface area contributed by atoms with Crippen LogP contribution in [-0.4, -0.2) is 47.9 Å². The van der Waals surface area contributed by atoms with Gasteiger partial charge in [-0.05, 0) is 17.7 Å². The summed E-state index contributed by atoms with van der Waals surface area (Å²) < 4.78 is 10.5. The molecule has 0 spiro atoms. The molecule has 3 rings (SSSR count). The van der Waals surface area contributed by atoms with Crippen molar-refractivity contribution < 1.29 is 14.6 Å². The van der Waals surface area contributed by atoms with Crippen molar-refractivity contribution in [2.45, 2.75) is 6.10 Å². The lowest BCUT2D eigenvalue weighted by Crippen LogP contribution is -2.26. The highest BCUT2D eigenvalue weighted by Gasteiger charge is 2.14. The highest BCUT2D eigenvalue weighted by Crippen LogP contribution is 2.30. The van der Waals surface area contributed by atoms with Gasteiger partial charge in [-0.15, -0.1) is 0 Å². The Morgan fingerprint density at radius 1 is 1.04 bits per heavy atom. The number of aromatic nitrogens is 3. The summed E-state index contributed by atoms with van der Waals surface area (Å²) in [6, 6.07) is 14.9. The van der Waals surface area contributed by atoms with E-state index in [4.69, 9.17) is 9.47 Å². The van der Waals surface area contributed by atoms with Crippen LogP contribution in [0, 0.1) is 0 Å². The van der Waals surface area contributed by atoms with Gasteiger partial charge >= 0.3 is 0 Å². The highest BCUT2D eigenvalue weighted by atomic mass is 16.5. The Balaban J connectivity index is 1.71. The van der Waals surface area contributed by atoms with Gasteiger partial charge in [-0.2, -0.15) is 4.98 Å². The highest BCUT2D eigenvalue weighted by molar-refractivity contribution is 5.60. The Morgan fingerprint density at radius 2 is 1.79 bits per heavy atom. The van der Waals surface area contributed by atoms with Crippen LogP contribution >= 0.6 is 0 Å². The van der Waals surface area contributed by atoms with Gasteiger partial charge in [0.05, 0.1) is 26.9 Å². The molecule has 1 atom stereocenters. The molecule has 0 fully saturated rings. The summed E-state index contributed by atoms with van der Waals surface area (Å²) in [5.74, 6) is 2.08. The van der Waals surface area contributed by atoms with Crippen molar-refractivity contribution in [3.63, 3.8) is 0 Å². The average molecular weight is 381 g/mol. The molecule has 2 N–H and O–H groups in total. The molecule has 3 aromatic rings. The first-order valence-corrected chi connectivity index (χ1v) is 8.73. The third-order valence-corrected chi connectivity index (χ3v) is 4.17. The maximum atomic E-state index is 10.4.